The van der Waals surface area contributed by atoms with E-state index in [0.717, 1.165) is 19.3 Å². The highest BCUT2D eigenvalue weighted by Crippen LogP contribution is 2.72. The van der Waals surface area contributed by atoms with Crippen molar-refractivity contribution >= 4 is 5.78 Å². The summed E-state index contributed by atoms with van der Waals surface area (Å²) in [5.41, 5.74) is -1.02. The van der Waals surface area contributed by atoms with Crippen molar-refractivity contribution in [1.29, 1.82) is 0 Å². The normalized spacial score (nSPS) is 48.8. The average Bonchev–Trinajstić information content (AvgIpc) is 3.39. The summed E-state index contributed by atoms with van der Waals surface area (Å²) in [5.74, 6) is 0.882. The molecule has 3 N–H and O–H groups in total. The van der Waals surface area contributed by atoms with Gasteiger partial charge in [0, 0.05) is 23.4 Å². The Morgan fingerprint density at radius 2 is 1.84 bits per heavy atom. The SMILES string of the molecule is CCO[C@H]1O[C@@H]([C@@H](O)C(C)(C)O)C[C@H]1[C@@H]1CC=C2[C@]3(C)[C@H](O)C[C@H]4C(C)(C)C(=O)C=C[C@]4(C)[C@H]3CC[C@]21C. The number of aliphatic hydroxyl groups excluding tert-OH is 2. The highest BCUT2D eigenvalue weighted by molar-refractivity contribution is 5.95. The molecule has 0 aromatic rings. The smallest absolute Gasteiger partial charge is 0.161 e. The quantitative estimate of drug-likeness (QED) is 0.442. The molecule has 0 aromatic heterocycles. The van der Waals surface area contributed by atoms with E-state index in [1.807, 2.05) is 13.0 Å². The van der Waals surface area contributed by atoms with E-state index in [1.165, 1.54) is 5.57 Å². The molecule has 11 atom stereocenters. The van der Waals surface area contributed by atoms with Crippen LogP contribution in [0, 0.1) is 45.3 Å². The second kappa shape index (κ2) is 8.97. The molecule has 0 amide bonds. The highest BCUT2D eigenvalue weighted by atomic mass is 16.7. The second-order valence-electron chi connectivity index (χ2n) is 14.8. The van der Waals surface area contributed by atoms with Gasteiger partial charge in [-0.1, -0.05) is 52.3 Å². The van der Waals surface area contributed by atoms with E-state index in [2.05, 4.69) is 46.8 Å². The van der Waals surface area contributed by atoms with E-state index in [9.17, 15) is 20.1 Å². The minimum absolute atomic E-state index is 0.0889. The third kappa shape index (κ3) is 3.80. The van der Waals surface area contributed by atoms with Gasteiger partial charge in [-0.2, -0.15) is 0 Å². The topological polar surface area (TPSA) is 96.2 Å². The molecule has 6 heteroatoms. The van der Waals surface area contributed by atoms with Crippen LogP contribution in [0.1, 0.15) is 87.5 Å². The maximum absolute atomic E-state index is 12.9. The first-order chi connectivity index (χ1) is 17.5. The van der Waals surface area contributed by atoms with Crippen LogP contribution in [-0.2, 0) is 14.3 Å². The minimum Gasteiger partial charge on any atom is -0.392 e. The lowest BCUT2D eigenvalue weighted by Crippen LogP contribution is -2.63. The molecule has 2 saturated carbocycles. The van der Waals surface area contributed by atoms with Crippen molar-refractivity contribution in [2.24, 2.45) is 45.3 Å². The van der Waals surface area contributed by atoms with Gasteiger partial charge in [0.25, 0.3) is 0 Å². The molecule has 0 radical (unpaired) electrons. The Morgan fingerprint density at radius 3 is 2.47 bits per heavy atom. The number of hydrogen-bond acceptors (Lipinski definition) is 6. The van der Waals surface area contributed by atoms with Gasteiger partial charge < -0.3 is 24.8 Å². The van der Waals surface area contributed by atoms with Crippen molar-refractivity contribution < 1.29 is 29.6 Å². The van der Waals surface area contributed by atoms with Crippen LogP contribution in [0.3, 0.4) is 0 Å². The molecule has 3 fully saturated rings. The van der Waals surface area contributed by atoms with E-state index in [1.54, 1.807) is 13.8 Å². The van der Waals surface area contributed by atoms with E-state index < -0.39 is 35.6 Å². The van der Waals surface area contributed by atoms with Gasteiger partial charge in [-0.25, -0.2) is 0 Å². The number of fused-ring (bicyclic) bond motifs is 5. The first-order valence-electron chi connectivity index (χ1n) is 14.8. The number of ketones is 1. The molecule has 1 heterocycles. The number of aliphatic hydroxyl groups is 3. The maximum Gasteiger partial charge on any atom is 0.161 e. The van der Waals surface area contributed by atoms with Gasteiger partial charge >= 0.3 is 0 Å². The standard InChI is InChI=1S/C32H50O6/c1-9-37-27-18(16-20(38-27)26(35)29(4,5)36)19-10-11-21-30(19,6)14-12-22-31(7)15-13-24(33)28(2,3)23(31)17-25(34)32(21,22)8/h11,13,15,18-20,22-23,25-27,34-36H,9-10,12,14,16-17H2,1-8H3/t18-,19-,20+,22+,23-,25+,26+,27-,30-,31+,32-/m0/s1. The average molecular weight is 531 g/mol. The van der Waals surface area contributed by atoms with Crippen molar-refractivity contribution in [3.05, 3.63) is 23.8 Å². The third-order valence-corrected chi connectivity index (χ3v) is 12.1. The van der Waals surface area contributed by atoms with Gasteiger partial charge in [0.2, 0.25) is 0 Å². The molecule has 6 nitrogen and oxygen atoms in total. The summed E-state index contributed by atoms with van der Waals surface area (Å²) in [7, 11) is 0. The summed E-state index contributed by atoms with van der Waals surface area (Å²) in [6.07, 6.45) is 8.12. The minimum atomic E-state index is -1.26. The molecule has 214 valence electrons. The van der Waals surface area contributed by atoms with Crippen LogP contribution in [0.2, 0.25) is 0 Å². The van der Waals surface area contributed by atoms with Crippen LogP contribution >= 0.6 is 0 Å². The zero-order valence-corrected chi connectivity index (χ0v) is 24.7. The number of carbonyl (C=O) groups excluding carboxylic acids is 1. The summed E-state index contributed by atoms with van der Waals surface area (Å²) in [6.45, 7) is 16.8. The van der Waals surface area contributed by atoms with Crippen molar-refractivity contribution in [3.8, 4) is 0 Å². The summed E-state index contributed by atoms with van der Waals surface area (Å²) < 4.78 is 12.4. The Bertz CT molecular complexity index is 1020. The molecule has 0 spiro atoms. The van der Waals surface area contributed by atoms with E-state index >= 15 is 0 Å². The largest absolute Gasteiger partial charge is 0.392 e. The van der Waals surface area contributed by atoms with Crippen molar-refractivity contribution in [2.45, 2.75) is 118 Å². The Morgan fingerprint density at radius 1 is 1.16 bits per heavy atom. The Balaban J connectivity index is 1.47. The molecule has 0 bridgehead atoms. The molecule has 5 aliphatic rings. The van der Waals surface area contributed by atoms with Crippen LogP contribution < -0.4 is 0 Å². The first-order valence-corrected chi connectivity index (χ1v) is 14.8. The van der Waals surface area contributed by atoms with Crippen LogP contribution in [0.4, 0.5) is 0 Å². The zero-order valence-electron chi connectivity index (χ0n) is 24.7. The van der Waals surface area contributed by atoms with Gasteiger partial charge in [-0.15, -0.1) is 0 Å². The van der Waals surface area contributed by atoms with Gasteiger partial charge in [0.05, 0.1) is 17.8 Å². The van der Waals surface area contributed by atoms with Crippen LogP contribution in [0.5, 0.6) is 0 Å². The van der Waals surface area contributed by atoms with E-state index in [-0.39, 0.29) is 45.7 Å². The zero-order chi connectivity index (χ0) is 28.1. The fourth-order valence-corrected chi connectivity index (χ4v) is 10.00. The molecule has 38 heavy (non-hydrogen) atoms. The predicted octanol–water partition coefficient (Wildman–Crippen LogP) is 4.81. The lowest BCUT2D eigenvalue weighted by atomic mass is 9.38. The molecule has 4 aliphatic carbocycles. The summed E-state index contributed by atoms with van der Waals surface area (Å²) in [6, 6.07) is 0. The molecule has 0 aromatic carbocycles. The maximum atomic E-state index is 12.9. The number of rotatable bonds is 5. The second-order valence-corrected chi connectivity index (χ2v) is 14.8. The van der Waals surface area contributed by atoms with Gasteiger partial charge in [-0.05, 0) is 87.5 Å². The summed E-state index contributed by atoms with van der Waals surface area (Å²) in [4.78, 5) is 12.9. The molecular formula is C32H50O6. The predicted molar refractivity (Wildman–Crippen MR) is 146 cm³/mol. The van der Waals surface area contributed by atoms with Gasteiger partial charge in [-0.3, -0.25) is 4.79 Å². The van der Waals surface area contributed by atoms with Crippen molar-refractivity contribution in [2.75, 3.05) is 6.61 Å². The lowest BCUT2D eigenvalue weighted by Gasteiger charge is -2.66. The van der Waals surface area contributed by atoms with Crippen molar-refractivity contribution in [3.63, 3.8) is 0 Å². The van der Waals surface area contributed by atoms with Crippen molar-refractivity contribution in [1.82, 2.24) is 0 Å². The molecule has 5 rings (SSSR count). The lowest BCUT2D eigenvalue weighted by molar-refractivity contribution is -0.193. The highest BCUT2D eigenvalue weighted by Gasteiger charge is 2.68. The fraction of sp³-hybridized carbons (Fsp3) is 0.844. The summed E-state index contributed by atoms with van der Waals surface area (Å²) in [5, 5.41) is 33.2. The molecule has 1 aliphatic heterocycles. The van der Waals surface area contributed by atoms with Gasteiger partial charge in [0.1, 0.15) is 6.10 Å². The van der Waals surface area contributed by atoms with Crippen LogP contribution in [-0.4, -0.2) is 57.9 Å². The molecule has 1 saturated heterocycles. The van der Waals surface area contributed by atoms with E-state index in [4.69, 9.17) is 9.47 Å². The van der Waals surface area contributed by atoms with Crippen LogP contribution in [0.25, 0.3) is 0 Å². The molecule has 0 unspecified atom stereocenters. The summed E-state index contributed by atoms with van der Waals surface area (Å²) >= 11 is 0. The third-order valence-electron chi connectivity index (χ3n) is 12.1. The monoisotopic (exact) mass is 530 g/mol. The van der Waals surface area contributed by atoms with Gasteiger partial charge in [0.15, 0.2) is 12.1 Å². The van der Waals surface area contributed by atoms with E-state index in [0.29, 0.717) is 19.4 Å². The number of hydrogen-bond donors (Lipinski definition) is 3. The number of ether oxygens (including phenoxy) is 2. The molecular weight excluding hydrogens is 480 g/mol. The first kappa shape index (κ1) is 28.5. The van der Waals surface area contributed by atoms with Crippen LogP contribution in [0.15, 0.2) is 23.8 Å². The Labute approximate surface area is 228 Å². The Kier molecular flexibility index (Phi) is 6.73. The fourth-order valence-electron chi connectivity index (χ4n) is 10.00. The Hall–Kier alpha value is -1.05. The number of allylic oxidation sites excluding steroid dienone is 3. The number of carbonyl (C=O) groups is 1.